The van der Waals surface area contributed by atoms with Crippen molar-refractivity contribution in [3.05, 3.63) is 66.5 Å². The lowest BCUT2D eigenvalue weighted by Gasteiger charge is -2.23. The Morgan fingerprint density at radius 3 is 2.26 bits per heavy atom. The van der Waals surface area contributed by atoms with E-state index in [2.05, 4.69) is 4.98 Å². The summed E-state index contributed by atoms with van der Waals surface area (Å²) in [6.45, 7) is 5.50. The molecule has 0 radical (unpaired) electrons. The molecule has 23 heavy (non-hydrogen) atoms. The summed E-state index contributed by atoms with van der Waals surface area (Å²) in [4.78, 5) is 52.1. The third kappa shape index (κ3) is 2.10. The van der Waals surface area contributed by atoms with E-state index in [0.717, 1.165) is 0 Å². The molecule has 0 fully saturated rings. The number of nitrogens with zero attached hydrogens (tertiary/aromatic N) is 1. The van der Waals surface area contributed by atoms with Gasteiger partial charge in [0, 0.05) is 18.7 Å². The molecule has 0 saturated heterocycles. The van der Waals surface area contributed by atoms with Gasteiger partial charge in [-0.2, -0.15) is 0 Å². The van der Waals surface area contributed by atoms with Crippen molar-refractivity contribution in [1.29, 1.82) is 0 Å². The maximum atomic E-state index is 12.9. The molecule has 1 N–H and O–H groups in total. The molecular formula is C17H16N2O4. The van der Waals surface area contributed by atoms with Crippen LogP contribution in [0.25, 0.3) is 0 Å². The summed E-state index contributed by atoms with van der Waals surface area (Å²) in [7, 11) is 0. The summed E-state index contributed by atoms with van der Waals surface area (Å²) in [6.07, 6.45) is 0.647. The van der Waals surface area contributed by atoms with Gasteiger partial charge in [-0.15, -0.1) is 0 Å². The number of pyridine rings is 2. The van der Waals surface area contributed by atoms with Crippen LogP contribution in [0, 0.1) is 13.8 Å². The zero-order valence-corrected chi connectivity index (χ0v) is 13.1. The third-order valence-corrected chi connectivity index (χ3v) is 4.09. The van der Waals surface area contributed by atoms with Crippen LogP contribution in [0.15, 0.2) is 21.7 Å². The molecule has 2 aromatic rings. The van der Waals surface area contributed by atoms with E-state index < -0.39 is 11.3 Å². The van der Waals surface area contributed by atoms with Crippen LogP contribution in [-0.4, -0.2) is 21.1 Å². The highest BCUT2D eigenvalue weighted by Gasteiger charge is 2.35. The van der Waals surface area contributed by atoms with E-state index in [1.54, 1.807) is 13.8 Å². The van der Waals surface area contributed by atoms with Crippen LogP contribution >= 0.6 is 0 Å². The lowest BCUT2D eigenvalue weighted by atomic mass is 9.85. The Labute approximate surface area is 131 Å². The van der Waals surface area contributed by atoms with Crippen molar-refractivity contribution in [3.8, 4) is 0 Å². The number of aromatic amines is 1. The average Bonchev–Trinajstić information content (AvgIpc) is 2.46. The molecule has 0 amide bonds. The summed E-state index contributed by atoms with van der Waals surface area (Å²) in [5.41, 5.74) is 0.702. The quantitative estimate of drug-likeness (QED) is 0.773. The third-order valence-electron chi connectivity index (χ3n) is 4.09. The predicted octanol–water partition coefficient (Wildman–Crippen LogP) is 1.34. The molecular weight excluding hydrogens is 296 g/mol. The maximum Gasteiger partial charge on any atom is 0.251 e. The van der Waals surface area contributed by atoms with Crippen LogP contribution in [0.1, 0.15) is 56.6 Å². The molecule has 0 spiro atoms. The highest BCUT2D eigenvalue weighted by atomic mass is 16.2. The van der Waals surface area contributed by atoms with Gasteiger partial charge < -0.3 is 9.55 Å². The van der Waals surface area contributed by atoms with Gasteiger partial charge in [-0.05, 0) is 31.4 Å². The SMILES string of the molecule is CCCn1c2c(c(C)cc1=O)C(=O)c1c(C)cc(=O)[nH]c1C2=O. The largest absolute Gasteiger partial charge is 0.318 e. The number of fused-ring (bicyclic) bond motifs is 2. The monoisotopic (exact) mass is 312 g/mol. The van der Waals surface area contributed by atoms with Gasteiger partial charge in [-0.25, -0.2) is 0 Å². The first-order valence-electron chi connectivity index (χ1n) is 7.44. The predicted molar refractivity (Wildman–Crippen MR) is 84.4 cm³/mol. The molecule has 2 heterocycles. The van der Waals surface area contributed by atoms with Crippen LogP contribution in [-0.2, 0) is 6.54 Å². The number of aryl methyl sites for hydroxylation is 2. The van der Waals surface area contributed by atoms with E-state index >= 15 is 0 Å². The fourth-order valence-corrected chi connectivity index (χ4v) is 3.13. The zero-order chi connectivity index (χ0) is 16.9. The van der Waals surface area contributed by atoms with Crippen molar-refractivity contribution in [2.75, 3.05) is 0 Å². The molecule has 0 unspecified atom stereocenters. The van der Waals surface area contributed by atoms with Crippen molar-refractivity contribution in [2.24, 2.45) is 0 Å². The lowest BCUT2D eigenvalue weighted by molar-refractivity contribution is 0.0965. The van der Waals surface area contributed by atoms with E-state index in [-0.39, 0.29) is 33.9 Å². The topological polar surface area (TPSA) is 89.0 Å². The first-order chi connectivity index (χ1) is 10.9. The van der Waals surface area contributed by atoms with Gasteiger partial charge in [0.25, 0.3) is 5.56 Å². The number of hydrogen-bond acceptors (Lipinski definition) is 4. The minimum absolute atomic E-state index is 0.0256. The molecule has 0 bridgehead atoms. The van der Waals surface area contributed by atoms with Crippen LogP contribution in [0.3, 0.4) is 0 Å². The molecule has 0 aromatic carbocycles. The van der Waals surface area contributed by atoms with E-state index in [1.165, 1.54) is 16.7 Å². The van der Waals surface area contributed by atoms with E-state index in [9.17, 15) is 19.2 Å². The number of aromatic nitrogens is 2. The van der Waals surface area contributed by atoms with Gasteiger partial charge in [0.2, 0.25) is 11.3 Å². The summed E-state index contributed by atoms with van der Waals surface area (Å²) in [6, 6.07) is 2.68. The summed E-state index contributed by atoms with van der Waals surface area (Å²) >= 11 is 0. The van der Waals surface area contributed by atoms with Crippen LogP contribution in [0.2, 0.25) is 0 Å². The van der Waals surface area contributed by atoms with Crippen LogP contribution < -0.4 is 11.1 Å². The normalized spacial score (nSPS) is 13.0. The molecule has 3 rings (SSSR count). The first kappa shape index (κ1) is 15.1. The van der Waals surface area contributed by atoms with E-state index in [4.69, 9.17) is 0 Å². The highest BCUT2D eigenvalue weighted by Crippen LogP contribution is 2.28. The Morgan fingerprint density at radius 2 is 1.61 bits per heavy atom. The van der Waals surface area contributed by atoms with Crippen molar-refractivity contribution in [1.82, 2.24) is 9.55 Å². The number of carbonyl (C=O) groups is 2. The van der Waals surface area contributed by atoms with Gasteiger partial charge >= 0.3 is 0 Å². The van der Waals surface area contributed by atoms with Gasteiger partial charge in [-0.3, -0.25) is 19.2 Å². The average molecular weight is 312 g/mol. The molecule has 118 valence electrons. The second kappa shape index (κ2) is 5.15. The Kier molecular flexibility index (Phi) is 3.39. The molecule has 2 aromatic heterocycles. The number of rotatable bonds is 2. The van der Waals surface area contributed by atoms with Crippen molar-refractivity contribution < 1.29 is 9.59 Å². The summed E-state index contributed by atoms with van der Waals surface area (Å²) in [5, 5.41) is 0. The fourth-order valence-electron chi connectivity index (χ4n) is 3.13. The smallest absolute Gasteiger partial charge is 0.251 e. The van der Waals surface area contributed by atoms with Crippen LogP contribution in [0.4, 0.5) is 0 Å². The van der Waals surface area contributed by atoms with Crippen molar-refractivity contribution in [3.63, 3.8) is 0 Å². The number of ketones is 2. The molecule has 0 atom stereocenters. The molecule has 6 heteroatoms. The standard InChI is InChI=1S/C17H16N2O4/c1-4-5-19-11(21)7-9(3)13-15(19)17(23)14-12(16(13)22)8(2)6-10(20)18-14/h6-7H,4-5H2,1-3H3,(H,18,20). The van der Waals surface area contributed by atoms with Gasteiger partial charge in [0.1, 0.15) is 11.4 Å². The summed E-state index contributed by atoms with van der Waals surface area (Å²) < 4.78 is 1.33. The van der Waals surface area contributed by atoms with Gasteiger partial charge in [0.15, 0.2) is 5.78 Å². The molecule has 0 aliphatic heterocycles. The Balaban J connectivity index is 2.44. The minimum Gasteiger partial charge on any atom is -0.318 e. The second-order valence-electron chi connectivity index (χ2n) is 5.77. The van der Waals surface area contributed by atoms with Crippen molar-refractivity contribution in [2.45, 2.75) is 33.7 Å². The maximum absolute atomic E-state index is 12.9. The Hall–Kier alpha value is -2.76. The summed E-state index contributed by atoms with van der Waals surface area (Å²) in [5.74, 6) is -0.810. The molecule has 1 aliphatic rings. The van der Waals surface area contributed by atoms with Crippen LogP contribution in [0.5, 0.6) is 0 Å². The molecule has 6 nitrogen and oxygen atoms in total. The number of nitrogens with one attached hydrogen (secondary N) is 1. The second-order valence-corrected chi connectivity index (χ2v) is 5.77. The van der Waals surface area contributed by atoms with E-state index in [0.29, 0.717) is 24.1 Å². The highest BCUT2D eigenvalue weighted by molar-refractivity contribution is 6.27. The lowest BCUT2D eigenvalue weighted by Crippen LogP contribution is -2.35. The number of carbonyl (C=O) groups excluding carboxylic acids is 2. The number of H-pyrrole nitrogens is 1. The molecule has 0 saturated carbocycles. The molecule has 1 aliphatic carbocycles. The van der Waals surface area contributed by atoms with Gasteiger partial charge in [0.05, 0.1) is 11.1 Å². The first-order valence-corrected chi connectivity index (χ1v) is 7.44. The van der Waals surface area contributed by atoms with Crippen molar-refractivity contribution >= 4 is 11.6 Å². The Bertz CT molecular complexity index is 979. The Morgan fingerprint density at radius 1 is 0.957 bits per heavy atom. The fraction of sp³-hybridized carbons (Fsp3) is 0.294. The minimum atomic E-state index is -0.482. The van der Waals surface area contributed by atoms with E-state index in [1.807, 2.05) is 6.92 Å². The zero-order valence-electron chi connectivity index (χ0n) is 13.1. The van der Waals surface area contributed by atoms with Gasteiger partial charge in [-0.1, -0.05) is 6.92 Å². The number of hydrogen-bond donors (Lipinski definition) is 1.